The second kappa shape index (κ2) is 6.80. The largest absolute Gasteiger partial charge is 0.391 e. The number of aliphatic hydroxyl groups excluding tert-OH is 1. The molecule has 1 aliphatic rings. The molecule has 88 valence electrons. The van der Waals surface area contributed by atoms with Gasteiger partial charge < -0.3 is 15.7 Å². The lowest BCUT2D eigenvalue weighted by atomic mass is 9.92. The fraction of sp³-hybridized carbons (Fsp3) is 0.909. The Balaban J connectivity index is 2.18. The average molecular weight is 214 g/mol. The van der Waals surface area contributed by atoms with Crippen LogP contribution in [-0.4, -0.2) is 36.8 Å². The van der Waals surface area contributed by atoms with Crippen molar-refractivity contribution in [3.05, 3.63) is 0 Å². The van der Waals surface area contributed by atoms with Gasteiger partial charge in [-0.1, -0.05) is 12.8 Å². The number of carbonyl (C=O) groups is 1. The average Bonchev–Trinajstić information content (AvgIpc) is 2.22. The van der Waals surface area contributed by atoms with Gasteiger partial charge >= 0.3 is 0 Å². The van der Waals surface area contributed by atoms with Gasteiger partial charge in [0.25, 0.3) is 0 Å². The summed E-state index contributed by atoms with van der Waals surface area (Å²) in [6.45, 7) is 0.862. The van der Waals surface area contributed by atoms with Crippen molar-refractivity contribution in [3.63, 3.8) is 0 Å². The Morgan fingerprint density at radius 1 is 1.40 bits per heavy atom. The Bertz CT molecular complexity index is 197. The Morgan fingerprint density at radius 3 is 2.80 bits per heavy atom. The second-order valence-electron chi connectivity index (χ2n) is 4.23. The maximum Gasteiger partial charge on any atom is 0.220 e. The van der Waals surface area contributed by atoms with Crippen LogP contribution in [0.1, 0.15) is 38.5 Å². The molecule has 3 N–H and O–H groups in total. The van der Waals surface area contributed by atoms with E-state index in [9.17, 15) is 9.90 Å². The smallest absolute Gasteiger partial charge is 0.220 e. The van der Waals surface area contributed by atoms with Gasteiger partial charge in [0.1, 0.15) is 0 Å². The van der Waals surface area contributed by atoms with Crippen molar-refractivity contribution in [1.29, 1.82) is 0 Å². The summed E-state index contributed by atoms with van der Waals surface area (Å²) < 4.78 is 0. The first kappa shape index (κ1) is 12.5. The number of rotatable bonds is 5. The predicted octanol–water partition coefficient (Wildman–Crippen LogP) is 0.406. The fourth-order valence-corrected chi connectivity index (χ4v) is 1.98. The maximum atomic E-state index is 11.5. The zero-order valence-electron chi connectivity index (χ0n) is 9.46. The van der Waals surface area contributed by atoms with Crippen LogP contribution in [0.25, 0.3) is 0 Å². The van der Waals surface area contributed by atoms with E-state index >= 15 is 0 Å². The molecule has 2 unspecified atom stereocenters. The van der Waals surface area contributed by atoms with Crippen LogP contribution in [-0.2, 0) is 4.79 Å². The molecule has 0 heterocycles. The summed E-state index contributed by atoms with van der Waals surface area (Å²) in [6.07, 6.45) is 4.98. The molecule has 0 aliphatic heterocycles. The summed E-state index contributed by atoms with van der Waals surface area (Å²) >= 11 is 0. The summed E-state index contributed by atoms with van der Waals surface area (Å²) in [4.78, 5) is 11.5. The molecule has 4 nitrogen and oxygen atoms in total. The van der Waals surface area contributed by atoms with Crippen molar-refractivity contribution < 1.29 is 9.90 Å². The molecule has 15 heavy (non-hydrogen) atoms. The van der Waals surface area contributed by atoms with E-state index in [1.54, 1.807) is 0 Å². The van der Waals surface area contributed by atoms with Gasteiger partial charge in [-0.15, -0.1) is 0 Å². The van der Waals surface area contributed by atoms with Gasteiger partial charge in [-0.05, 0) is 32.9 Å². The van der Waals surface area contributed by atoms with E-state index in [2.05, 4.69) is 10.6 Å². The van der Waals surface area contributed by atoms with Crippen LogP contribution in [0.2, 0.25) is 0 Å². The van der Waals surface area contributed by atoms with E-state index in [0.717, 1.165) is 38.6 Å². The molecule has 4 heteroatoms. The quantitative estimate of drug-likeness (QED) is 0.581. The van der Waals surface area contributed by atoms with E-state index in [4.69, 9.17) is 0 Å². The van der Waals surface area contributed by atoms with Gasteiger partial charge in [0.2, 0.25) is 5.91 Å². The number of amides is 1. The third-order valence-corrected chi connectivity index (χ3v) is 2.91. The van der Waals surface area contributed by atoms with Crippen molar-refractivity contribution in [3.8, 4) is 0 Å². The van der Waals surface area contributed by atoms with Crippen molar-refractivity contribution in [2.75, 3.05) is 13.6 Å². The first-order valence-corrected chi connectivity index (χ1v) is 5.86. The minimum absolute atomic E-state index is 0.0131. The minimum Gasteiger partial charge on any atom is -0.391 e. The number of carbonyl (C=O) groups excluding carboxylic acids is 1. The van der Waals surface area contributed by atoms with Crippen LogP contribution in [0.15, 0.2) is 0 Å². The third kappa shape index (κ3) is 4.62. The maximum absolute atomic E-state index is 11.5. The highest BCUT2D eigenvalue weighted by Gasteiger charge is 2.23. The van der Waals surface area contributed by atoms with E-state index in [1.165, 1.54) is 0 Å². The van der Waals surface area contributed by atoms with Gasteiger partial charge in [-0.2, -0.15) is 0 Å². The van der Waals surface area contributed by atoms with Crippen LogP contribution in [0.5, 0.6) is 0 Å². The molecule has 1 aliphatic carbocycles. The zero-order chi connectivity index (χ0) is 11.1. The lowest BCUT2D eigenvalue weighted by Crippen LogP contribution is -2.45. The molecule has 0 aromatic heterocycles. The SMILES string of the molecule is CNCCCC(=O)NC1CCCCC1O. The Morgan fingerprint density at radius 2 is 2.13 bits per heavy atom. The van der Waals surface area contributed by atoms with Crippen molar-refractivity contribution in [1.82, 2.24) is 10.6 Å². The molecule has 0 spiro atoms. The van der Waals surface area contributed by atoms with E-state index in [1.807, 2.05) is 7.05 Å². The molecule has 1 saturated carbocycles. The summed E-state index contributed by atoms with van der Waals surface area (Å²) in [5.41, 5.74) is 0. The van der Waals surface area contributed by atoms with Crippen LogP contribution in [0.3, 0.4) is 0 Å². The molecule has 0 aromatic carbocycles. The van der Waals surface area contributed by atoms with Crippen LogP contribution in [0.4, 0.5) is 0 Å². The molecule has 0 bridgehead atoms. The molecular formula is C11H22N2O2. The Labute approximate surface area is 91.4 Å². The molecule has 2 atom stereocenters. The monoisotopic (exact) mass is 214 g/mol. The molecule has 1 fully saturated rings. The van der Waals surface area contributed by atoms with Crippen LogP contribution in [0, 0.1) is 0 Å². The van der Waals surface area contributed by atoms with Gasteiger partial charge in [-0.3, -0.25) is 4.79 Å². The molecule has 0 aromatic rings. The number of nitrogens with one attached hydrogen (secondary N) is 2. The Kier molecular flexibility index (Phi) is 5.65. The minimum atomic E-state index is -0.341. The zero-order valence-corrected chi connectivity index (χ0v) is 9.46. The summed E-state index contributed by atoms with van der Waals surface area (Å²) in [5, 5.41) is 15.6. The Hall–Kier alpha value is -0.610. The van der Waals surface area contributed by atoms with Gasteiger partial charge in [0, 0.05) is 6.42 Å². The topological polar surface area (TPSA) is 61.4 Å². The first-order chi connectivity index (χ1) is 7.24. The number of hydrogen-bond donors (Lipinski definition) is 3. The lowest BCUT2D eigenvalue weighted by molar-refractivity contribution is -0.123. The fourth-order valence-electron chi connectivity index (χ4n) is 1.98. The molecule has 0 radical (unpaired) electrons. The molecule has 0 saturated heterocycles. The van der Waals surface area contributed by atoms with Gasteiger partial charge in [0.15, 0.2) is 0 Å². The van der Waals surface area contributed by atoms with E-state index < -0.39 is 0 Å². The third-order valence-electron chi connectivity index (χ3n) is 2.91. The van der Waals surface area contributed by atoms with Crippen LogP contribution >= 0.6 is 0 Å². The number of hydrogen-bond acceptors (Lipinski definition) is 3. The van der Waals surface area contributed by atoms with E-state index in [-0.39, 0.29) is 18.1 Å². The van der Waals surface area contributed by atoms with Crippen molar-refractivity contribution in [2.24, 2.45) is 0 Å². The molecule has 1 amide bonds. The molecular weight excluding hydrogens is 192 g/mol. The van der Waals surface area contributed by atoms with Gasteiger partial charge in [0.05, 0.1) is 12.1 Å². The second-order valence-corrected chi connectivity index (χ2v) is 4.23. The van der Waals surface area contributed by atoms with E-state index in [0.29, 0.717) is 6.42 Å². The highest BCUT2D eigenvalue weighted by atomic mass is 16.3. The number of aliphatic hydroxyl groups is 1. The lowest BCUT2D eigenvalue weighted by Gasteiger charge is -2.28. The standard InChI is InChI=1S/C11H22N2O2/c1-12-8-4-7-11(15)13-9-5-2-3-6-10(9)14/h9-10,12,14H,2-8H2,1H3,(H,13,15). The highest BCUT2D eigenvalue weighted by molar-refractivity contribution is 5.76. The predicted molar refractivity (Wildman–Crippen MR) is 59.6 cm³/mol. The summed E-state index contributed by atoms with van der Waals surface area (Å²) in [7, 11) is 1.88. The summed E-state index contributed by atoms with van der Waals surface area (Å²) in [6, 6.07) is -0.0131. The normalized spacial score (nSPS) is 26.3. The van der Waals surface area contributed by atoms with Crippen LogP contribution < -0.4 is 10.6 Å². The molecule has 1 rings (SSSR count). The van der Waals surface area contributed by atoms with Gasteiger partial charge in [-0.25, -0.2) is 0 Å². The van der Waals surface area contributed by atoms with Crippen molar-refractivity contribution in [2.45, 2.75) is 50.7 Å². The highest BCUT2D eigenvalue weighted by Crippen LogP contribution is 2.18. The summed E-state index contributed by atoms with van der Waals surface area (Å²) in [5.74, 6) is 0.0659. The van der Waals surface area contributed by atoms with Crippen molar-refractivity contribution >= 4 is 5.91 Å². The first-order valence-electron chi connectivity index (χ1n) is 5.86.